The van der Waals surface area contributed by atoms with Crippen LogP contribution in [0.2, 0.25) is 10.0 Å². The van der Waals surface area contributed by atoms with Crippen molar-refractivity contribution in [1.29, 1.82) is 0 Å². The number of fused-ring (bicyclic) bond motifs is 1. The van der Waals surface area contributed by atoms with E-state index in [1.54, 1.807) is 10.7 Å². The molecule has 5 rings (SSSR count). The molecule has 1 N–H and O–H groups in total. The van der Waals surface area contributed by atoms with E-state index in [0.717, 1.165) is 65.2 Å². The number of aromatic nitrogens is 3. The van der Waals surface area contributed by atoms with Gasteiger partial charge in [-0.05, 0) is 58.5 Å². The van der Waals surface area contributed by atoms with Gasteiger partial charge in [0.25, 0.3) is 0 Å². The quantitative estimate of drug-likeness (QED) is 0.292. The van der Waals surface area contributed by atoms with Gasteiger partial charge in [-0.3, -0.25) is 4.79 Å². The molecule has 0 atom stereocenters. The summed E-state index contributed by atoms with van der Waals surface area (Å²) in [5.41, 5.74) is 3.34. The van der Waals surface area contributed by atoms with Crippen LogP contribution in [0, 0.1) is 5.92 Å². The number of carbonyl (C=O) groups excluding carboxylic acids is 1. The van der Waals surface area contributed by atoms with Crippen molar-refractivity contribution in [3.8, 4) is 11.3 Å². The second-order valence-electron chi connectivity index (χ2n) is 8.75. The van der Waals surface area contributed by atoms with E-state index in [-0.39, 0.29) is 5.91 Å². The third kappa shape index (κ3) is 5.47. The summed E-state index contributed by atoms with van der Waals surface area (Å²) < 4.78 is 2.62. The maximum atomic E-state index is 12.7. The lowest BCUT2D eigenvalue weighted by Crippen LogP contribution is -2.40. The van der Waals surface area contributed by atoms with E-state index < -0.39 is 0 Å². The van der Waals surface area contributed by atoms with Gasteiger partial charge in [0.2, 0.25) is 5.91 Å². The first kappa shape index (κ1) is 24.1. The number of hydrogen-bond donors (Lipinski definition) is 1. The summed E-state index contributed by atoms with van der Waals surface area (Å²) in [6, 6.07) is 17.2. The lowest BCUT2D eigenvalue weighted by molar-refractivity contribution is -0.131. The molecule has 0 bridgehead atoms. The number of nitrogens with one attached hydrogen (secondary N) is 1. The van der Waals surface area contributed by atoms with Crippen molar-refractivity contribution in [2.75, 3.05) is 25.0 Å². The van der Waals surface area contributed by atoms with Gasteiger partial charge < -0.3 is 10.2 Å². The van der Waals surface area contributed by atoms with E-state index in [9.17, 15) is 4.79 Å². The summed E-state index contributed by atoms with van der Waals surface area (Å²) in [5.74, 6) is 1.46. The number of likely N-dealkylation sites (tertiary alicyclic amines) is 1. The molecule has 0 unspecified atom stereocenters. The zero-order chi connectivity index (χ0) is 24.4. The van der Waals surface area contributed by atoms with Crippen molar-refractivity contribution in [3.05, 3.63) is 80.9 Å². The fraction of sp³-hybridized carbons (Fsp3) is 0.269. The van der Waals surface area contributed by atoms with Crippen LogP contribution in [0.4, 0.5) is 5.82 Å². The normalized spacial score (nSPS) is 14.4. The SMILES string of the molecule is O=C(Cc1cccc(Cl)c1)N1CCC(CNc2cc(-c3ccccc3Cl)nc3c(Br)cnn23)CC1. The number of piperidine rings is 1. The Balaban J connectivity index is 1.24. The molecule has 35 heavy (non-hydrogen) atoms. The van der Waals surface area contributed by atoms with Crippen molar-refractivity contribution in [2.24, 2.45) is 5.92 Å². The van der Waals surface area contributed by atoms with Crippen LogP contribution in [0.5, 0.6) is 0 Å². The molecule has 1 aliphatic heterocycles. The molecule has 2 aromatic heterocycles. The molecule has 6 nitrogen and oxygen atoms in total. The fourth-order valence-electron chi connectivity index (χ4n) is 4.44. The molecular weight excluding hydrogens is 549 g/mol. The van der Waals surface area contributed by atoms with Crippen molar-refractivity contribution < 1.29 is 4.79 Å². The van der Waals surface area contributed by atoms with E-state index in [1.165, 1.54) is 0 Å². The highest BCUT2D eigenvalue weighted by Gasteiger charge is 2.23. The van der Waals surface area contributed by atoms with Crippen LogP contribution in [0.25, 0.3) is 16.9 Å². The van der Waals surface area contributed by atoms with Crippen LogP contribution in [0.15, 0.2) is 65.3 Å². The van der Waals surface area contributed by atoms with Crippen LogP contribution >= 0.6 is 39.1 Å². The monoisotopic (exact) mass is 571 g/mol. The van der Waals surface area contributed by atoms with Crippen molar-refractivity contribution in [1.82, 2.24) is 19.5 Å². The summed E-state index contributed by atoms with van der Waals surface area (Å²) in [4.78, 5) is 19.5. The lowest BCUT2D eigenvalue weighted by Gasteiger charge is -2.32. The lowest BCUT2D eigenvalue weighted by atomic mass is 9.96. The van der Waals surface area contributed by atoms with Gasteiger partial charge in [-0.1, -0.05) is 53.5 Å². The molecule has 0 saturated carbocycles. The Bertz CT molecular complexity index is 1370. The molecule has 0 spiro atoms. The molecule has 9 heteroatoms. The van der Waals surface area contributed by atoms with Gasteiger partial charge in [-0.25, -0.2) is 4.98 Å². The molecule has 4 aromatic rings. The van der Waals surface area contributed by atoms with Crippen LogP contribution in [-0.2, 0) is 11.2 Å². The van der Waals surface area contributed by atoms with Crippen LogP contribution in [0.3, 0.4) is 0 Å². The zero-order valence-corrected chi connectivity index (χ0v) is 22.0. The molecule has 1 saturated heterocycles. The van der Waals surface area contributed by atoms with E-state index in [0.29, 0.717) is 22.4 Å². The Labute approximate surface area is 222 Å². The predicted octanol–water partition coefficient (Wildman–Crippen LogP) is 6.36. The number of hydrogen-bond acceptors (Lipinski definition) is 4. The molecule has 2 aromatic carbocycles. The second kappa shape index (κ2) is 10.6. The van der Waals surface area contributed by atoms with E-state index >= 15 is 0 Å². The number of carbonyl (C=O) groups is 1. The summed E-state index contributed by atoms with van der Waals surface area (Å²) in [6.45, 7) is 2.31. The molecule has 1 amide bonds. The van der Waals surface area contributed by atoms with Crippen LogP contribution < -0.4 is 5.32 Å². The summed E-state index contributed by atoms with van der Waals surface area (Å²) in [7, 11) is 0. The molecule has 1 aliphatic rings. The Hall–Kier alpha value is -2.61. The minimum Gasteiger partial charge on any atom is -0.370 e. The zero-order valence-electron chi connectivity index (χ0n) is 18.9. The van der Waals surface area contributed by atoms with E-state index in [2.05, 4.69) is 26.3 Å². The third-order valence-electron chi connectivity index (χ3n) is 6.36. The topological polar surface area (TPSA) is 62.5 Å². The first-order valence-electron chi connectivity index (χ1n) is 11.5. The maximum Gasteiger partial charge on any atom is 0.226 e. The number of anilines is 1. The molecule has 3 heterocycles. The smallest absolute Gasteiger partial charge is 0.226 e. The molecular formula is C26H24BrCl2N5O. The van der Waals surface area contributed by atoms with Crippen LogP contribution in [-0.4, -0.2) is 45.0 Å². The average molecular weight is 573 g/mol. The van der Waals surface area contributed by atoms with Crippen molar-refractivity contribution in [3.63, 3.8) is 0 Å². The molecule has 1 fully saturated rings. The summed E-state index contributed by atoms with van der Waals surface area (Å²) in [6.07, 6.45) is 4.02. The summed E-state index contributed by atoms with van der Waals surface area (Å²) in [5, 5.41) is 9.35. The Morgan fingerprint density at radius 1 is 1.09 bits per heavy atom. The van der Waals surface area contributed by atoms with Gasteiger partial charge in [-0.15, -0.1) is 0 Å². The highest BCUT2D eigenvalue weighted by Crippen LogP contribution is 2.30. The van der Waals surface area contributed by atoms with Gasteiger partial charge in [0.15, 0.2) is 5.65 Å². The first-order valence-corrected chi connectivity index (χ1v) is 13.1. The third-order valence-corrected chi connectivity index (χ3v) is 7.49. The van der Waals surface area contributed by atoms with Gasteiger partial charge >= 0.3 is 0 Å². The van der Waals surface area contributed by atoms with Gasteiger partial charge in [0.05, 0.1) is 22.8 Å². The highest BCUT2D eigenvalue weighted by atomic mass is 79.9. The Morgan fingerprint density at radius 2 is 1.89 bits per heavy atom. The van der Waals surface area contributed by atoms with Crippen molar-refractivity contribution >= 4 is 56.5 Å². The number of rotatable bonds is 6. The van der Waals surface area contributed by atoms with E-state index in [4.69, 9.17) is 28.2 Å². The average Bonchev–Trinajstić information content (AvgIpc) is 3.24. The Morgan fingerprint density at radius 3 is 2.66 bits per heavy atom. The fourth-order valence-corrected chi connectivity index (χ4v) is 5.23. The predicted molar refractivity (Wildman–Crippen MR) is 144 cm³/mol. The first-order chi connectivity index (χ1) is 17.0. The second-order valence-corrected chi connectivity index (χ2v) is 10.4. The van der Waals surface area contributed by atoms with Gasteiger partial charge in [0, 0.05) is 41.3 Å². The minimum atomic E-state index is 0.153. The largest absolute Gasteiger partial charge is 0.370 e. The maximum absolute atomic E-state index is 12.7. The number of halogens is 3. The minimum absolute atomic E-state index is 0.153. The van der Waals surface area contributed by atoms with Crippen molar-refractivity contribution in [2.45, 2.75) is 19.3 Å². The van der Waals surface area contributed by atoms with Gasteiger partial charge in [0.1, 0.15) is 5.82 Å². The summed E-state index contributed by atoms with van der Waals surface area (Å²) >= 11 is 16.0. The number of benzene rings is 2. The van der Waals surface area contributed by atoms with Crippen LogP contribution in [0.1, 0.15) is 18.4 Å². The molecule has 0 radical (unpaired) electrons. The highest BCUT2D eigenvalue weighted by molar-refractivity contribution is 9.10. The number of nitrogens with zero attached hydrogens (tertiary/aromatic N) is 4. The molecule has 0 aliphatic carbocycles. The standard InChI is InChI=1S/C26H24BrCl2N5O/c27-21-16-31-34-24(14-23(32-26(21)34)20-6-1-2-7-22(20)29)30-15-17-8-10-33(11-9-17)25(35)13-18-4-3-5-19(28)12-18/h1-7,12,14,16-17,30H,8-11,13,15H2. The van der Waals surface area contributed by atoms with Gasteiger partial charge in [-0.2, -0.15) is 9.61 Å². The number of amides is 1. The Kier molecular flexibility index (Phi) is 7.27. The van der Waals surface area contributed by atoms with E-state index in [1.807, 2.05) is 59.5 Å². The molecule has 180 valence electrons.